The maximum atomic E-state index is 12.3. The number of aromatic nitrogens is 2. The molecule has 1 amide bonds. The van der Waals surface area contributed by atoms with E-state index in [-0.39, 0.29) is 5.91 Å². The molecule has 0 saturated heterocycles. The molecule has 0 saturated carbocycles. The van der Waals surface area contributed by atoms with Gasteiger partial charge in [-0.1, -0.05) is 0 Å². The Balaban J connectivity index is 2.14. The number of aryl methyl sites for hydroxylation is 1. The zero-order chi connectivity index (χ0) is 13.8. The van der Waals surface area contributed by atoms with Gasteiger partial charge in [-0.3, -0.25) is 15.6 Å². The molecule has 0 unspecified atom stereocenters. The second kappa shape index (κ2) is 5.77. The molecule has 0 atom stereocenters. The number of nitrogens with zero attached hydrogens (tertiary/aromatic N) is 3. The predicted octanol–water partition coefficient (Wildman–Crippen LogP) is 1.40. The number of carbonyl (C=O) groups is 1. The summed E-state index contributed by atoms with van der Waals surface area (Å²) in [5.74, 6) is 5.25. The van der Waals surface area contributed by atoms with Gasteiger partial charge in [0.25, 0.3) is 5.91 Å². The van der Waals surface area contributed by atoms with Crippen LogP contribution in [0.2, 0.25) is 0 Å². The first-order chi connectivity index (χ1) is 9.11. The third kappa shape index (κ3) is 3.07. The molecule has 0 fully saturated rings. The molecule has 0 aromatic carbocycles. The van der Waals surface area contributed by atoms with Crippen LogP contribution in [0.1, 0.15) is 21.1 Å². The SMILES string of the molecule is Cc1nc(CN(C)C(=O)c2ccncc2NN)cs1. The van der Waals surface area contributed by atoms with E-state index < -0.39 is 0 Å². The van der Waals surface area contributed by atoms with E-state index in [0.29, 0.717) is 17.8 Å². The molecule has 7 heteroatoms. The molecule has 0 bridgehead atoms. The molecule has 6 nitrogen and oxygen atoms in total. The molecule has 2 rings (SSSR count). The van der Waals surface area contributed by atoms with Crippen molar-refractivity contribution in [2.24, 2.45) is 5.84 Å². The average Bonchev–Trinajstić information content (AvgIpc) is 2.83. The first-order valence-electron chi connectivity index (χ1n) is 5.69. The minimum absolute atomic E-state index is 0.124. The summed E-state index contributed by atoms with van der Waals surface area (Å²) in [6.45, 7) is 2.41. The third-order valence-electron chi connectivity index (χ3n) is 2.62. The van der Waals surface area contributed by atoms with Crippen LogP contribution in [-0.2, 0) is 6.54 Å². The molecule has 0 aliphatic rings. The molecule has 2 aromatic heterocycles. The molecular formula is C12H15N5OS. The van der Waals surface area contributed by atoms with Gasteiger partial charge in [0.2, 0.25) is 0 Å². The highest BCUT2D eigenvalue weighted by Gasteiger charge is 2.16. The quantitative estimate of drug-likeness (QED) is 0.652. The lowest BCUT2D eigenvalue weighted by Gasteiger charge is -2.17. The monoisotopic (exact) mass is 277 g/mol. The Morgan fingerprint density at radius 2 is 2.37 bits per heavy atom. The number of hydrogen-bond donors (Lipinski definition) is 2. The van der Waals surface area contributed by atoms with Gasteiger partial charge in [-0.05, 0) is 13.0 Å². The Morgan fingerprint density at radius 3 is 3.00 bits per heavy atom. The Labute approximate surface area is 115 Å². The number of nitrogens with two attached hydrogens (primary N) is 1. The number of nitrogens with one attached hydrogen (secondary N) is 1. The van der Waals surface area contributed by atoms with Gasteiger partial charge >= 0.3 is 0 Å². The minimum atomic E-state index is -0.124. The standard InChI is InChI=1S/C12H15N5OS/c1-8-15-9(7-19-8)6-17(2)12(18)10-3-4-14-5-11(10)16-13/h3-5,7,16H,6,13H2,1-2H3. The predicted molar refractivity (Wildman–Crippen MR) is 74.7 cm³/mol. The summed E-state index contributed by atoms with van der Waals surface area (Å²) in [4.78, 5) is 22.2. The molecule has 0 aliphatic heterocycles. The van der Waals surface area contributed by atoms with Crippen LogP contribution in [-0.4, -0.2) is 27.8 Å². The van der Waals surface area contributed by atoms with Crippen molar-refractivity contribution in [3.05, 3.63) is 40.1 Å². The van der Waals surface area contributed by atoms with Crippen molar-refractivity contribution in [3.8, 4) is 0 Å². The van der Waals surface area contributed by atoms with E-state index in [1.807, 2.05) is 12.3 Å². The summed E-state index contributed by atoms with van der Waals surface area (Å²) in [6.07, 6.45) is 3.09. The zero-order valence-corrected chi connectivity index (χ0v) is 11.6. The lowest BCUT2D eigenvalue weighted by atomic mass is 10.2. The summed E-state index contributed by atoms with van der Waals surface area (Å²) in [5.41, 5.74) is 4.36. The van der Waals surface area contributed by atoms with Crippen LogP contribution in [0.4, 0.5) is 5.69 Å². The van der Waals surface area contributed by atoms with E-state index in [2.05, 4.69) is 15.4 Å². The van der Waals surface area contributed by atoms with Crippen LogP contribution in [0.3, 0.4) is 0 Å². The van der Waals surface area contributed by atoms with E-state index in [0.717, 1.165) is 10.7 Å². The van der Waals surface area contributed by atoms with Crippen LogP contribution in [0.15, 0.2) is 23.8 Å². The molecule has 100 valence electrons. The van der Waals surface area contributed by atoms with Gasteiger partial charge in [0.05, 0.1) is 34.7 Å². The number of carbonyl (C=O) groups excluding carboxylic acids is 1. The Hall–Kier alpha value is -1.99. The molecule has 0 spiro atoms. The molecular weight excluding hydrogens is 262 g/mol. The van der Waals surface area contributed by atoms with Crippen LogP contribution in [0, 0.1) is 6.92 Å². The van der Waals surface area contributed by atoms with E-state index in [4.69, 9.17) is 5.84 Å². The number of anilines is 1. The number of thiazole rings is 1. The number of pyridine rings is 1. The second-order valence-corrected chi connectivity index (χ2v) is 5.15. The van der Waals surface area contributed by atoms with Crippen molar-refractivity contribution in [2.45, 2.75) is 13.5 Å². The largest absolute Gasteiger partial charge is 0.336 e. The van der Waals surface area contributed by atoms with Crippen LogP contribution in [0.25, 0.3) is 0 Å². The van der Waals surface area contributed by atoms with Crippen molar-refractivity contribution < 1.29 is 4.79 Å². The van der Waals surface area contributed by atoms with Crippen molar-refractivity contribution in [2.75, 3.05) is 12.5 Å². The summed E-state index contributed by atoms with van der Waals surface area (Å²) in [7, 11) is 1.73. The number of hydrazine groups is 1. The summed E-state index contributed by atoms with van der Waals surface area (Å²) in [5, 5.41) is 2.94. The van der Waals surface area contributed by atoms with E-state index in [9.17, 15) is 4.79 Å². The fraction of sp³-hybridized carbons (Fsp3) is 0.250. The number of nitrogen functional groups attached to an aromatic ring is 1. The van der Waals surface area contributed by atoms with Gasteiger partial charge in [0, 0.05) is 18.6 Å². The second-order valence-electron chi connectivity index (χ2n) is 4.08. The Bertz CT molecular complexity index is 583. The highest BCUT2D eigenvalue weighted by molar-refractivity contribution is 7.09. The van der Waals surface area contributed by atoms with Gasteiger partial charge in [-0.2, -0.15) is 0 Å². The highest BCUT2D eigenvalue weighted by Crippen LogP contribution is 2.16. The number of amides is 1. The van der Waals surface area contributed by atoms with E-state index >= 15 is 0 Å². The van der Waals surface area contributed by atoms with Gasteiger partial charge < -0.3 is 10.3 Å². The zero-order valence-electron chi connectivity index (χ0n) is 10.8. The maximum Gasteiger partial charge on any atom is 0.256 e. The molecule has 3 N–H and O–H groups in total. The van der Waals surface area contributed by atoms with Crippen molar-refractivity contribution >= 4 is 22.9 Å². The maximum absolute atomic E-state index is 12.3. The smallest absolute Gasteiger partial charge is 0.256 e. The van der Waals surface area contributed by atoms with Gasteiger partial charge in [-0.15, -0.1) is 11.3 Å². The van der Waals surface area contributed by atoms with Crippen LogP contribution >= 0.6 is 11.3 Å². The normalized spacial score (nSPS) is 10.3. The minimum Gasteiger partial charge on any atom is -0.336 e. The van der Waals surface area contributed by atoms with Crippen molar-refractivity contribution in [1.82, 2.24) is 14.9 Å². The Kier molecular flexibility index (Phi) is 4.08. The first-order valence-corrected chi connectivity index (χ1v) is 6.57. The third-order valence-corrected chi connectivity index (χ3v) is 3.44. The average molecular weight is 277 g/mol. The Morgan fingerprint density at radius 1 is 1.58 bits per heavy atom. The van der Waals surface area contributed by atoms with Gasteiger partial charge in [0.15, 0.2) is 0 Å². The molecule has 0 radical (unpaired) electrons. The number of hydrogen-bond acceptors (Lipinski definition) is 6. The highest BCUT2D eigenvalue weighted by atomic mass is 32.1. The number of rotatable bonds is 4. The first kappa shape index (κ1) is 13.4. The van der Waals surface area contributed by atoms with E-state index in [1.165, 1.54) is 6.20 Å². The van der Waals surface area contributed by atoms with Gasteiger partial charge in [-0.25, -0.2) is 4.98 Å². The van der Waals surface area contributed by atoms with Crippen molar-refractivity contribution in [1.29, 1.82) is 0 Å². The fourth-order valence-electron chi connectivity index (χ4n) is 1.70. The molecule has 0 aliphatic carbocycles. The molecule has 19 heavy (non-hydrogen) atoms. The summed E-state index contributed by atoms with van der Waals surface area (Å²) < 4.78 is 0. The van der Waals surface area contributed by atoms with Crippen molar-refractivity contribution in [3.63, 3.8) is 0 Å². The molecule has 2 aromatic rings. The fourth-order valence-corrected chi connectivity index (χ4v) is 2.30. The summed E-state index contributed by atoms with van der Waals surface area (Å²) >= 11 is 1.57. The lowest BCUT2D eigenvalue weighted by Crippen LogP contribution is -2.27. The van der Waals surface area contributed by atoms with Gasteiger partial charge in [0.1, 0.15) is 0 Å². The van der Waals surface area contributed by atoms with E-state index in [1.54, 1.807) is 35.5 Å². The summed E-state index contributed by atoms with van der Waals surface area (Å²) in [6, 6.07) is 1.64. The van der Waals surface area contributed by atoms with Crippen LogP contribution < -0.4 is 11.3 Å². The van der Waals surface area contributed by atoms with Crippen LogP contribution in [0.5, 0.6) is 0 Å². The lowest BCUT2D eigenvalue weighted by molar-refractivity contribution is 0.0784. The molecule has 2 heterocycles. The topological polar surface area (TPSA) is 84.1 Å².